The summed E-state index contributed by atoms with van der Waals surface area (Å²) in [7, 11) is 0. The van der Waals surface area contributed by atoms with Crippen molar-refractivity contribution in [1.29, 1.82) is 0 Å². The number of pyridine rings is 1. The van der Waals surface area contributed by atoms with Gasteiger partial charge in [0.25, 0.3) is 6.43 Å². The van der Waals surface area contributed by atoms with Gasteiger partial charge in [-0.2, -0.15) is 0 Å². The Bertz CT molecular complexity index is 398. The molecule has 1 aromatic rings. The highest BCUT2D eigenvalue weighted by atomic mass is 127. The number of hydrogen-bond acceptors (Lipinski definition) is 3. The molecule has 0 unspecified atom stereocenters. The molecule has 0 amide bonds. The van der Waals surface area contributed by atoms with Gasteiger partial charge in [-0.25, -0.2) is 13.8 Å². The first-order chi connectivity index (χ1) is 6.91. The summed E-state index contributed by atoms with van der Waals surface area (Å²) in [6.07, 6.45) is -3.37. The van der Waals surface area contributed by atoms with Crippen LogP contribution in [-0.2, 0) is 11.2 Å². The quantitative estimate of drug-likeness (QED) is 0.656. The van der Waals surface area contributed by atoms with Crippen molar-refractivity contribution >= 4 is 34.2 Å². The largest absolute Gasteiger partial charge is 0.481 e. The maximum Gasteiger partial charge on any atom is 0.309 e. The van der Waals surface area contributed by atoms with Crippen LogP contribution in [0.2, 0.25) is 0 Å². The van der Waals surface area contributed by atoms with Crippen LogP contribution in [0.25, 0.3) is 0 Å². The number of nitrogen functional groups attached to an aromatic ring is 1. The molecule has 1 rings (SSSR count). The molecule has 0 aliphatic heterocycles. The molecule has 0 aliphatic rings. The molecule has 0 aliphatic carbocycles. The zero-order chi connectivity index (χ0) is 11.6. The van der Waals surface area contributed by atoms with Gasteiger partial charge in [-0.3, -0.25) is 4.79 Å². The Balaban J connectivity index is 3.26. The molecule has 1 heterocycles. The van der Waals surface area contributed by atoms with E-state index in [0.717, 1.165) is 0 Å². The number of anilines is 1. The van der Waals surface area contributed by atoms with Crippen molar-refractivity contribution in [1.82, 2.24) is 4.98 Å². The van der Waals surface area contributed by atoms with Gasteiger partial charge in [0.05, 0.1) is 17.7 Å². The summed E-state index contributed by atoms with van der Waals surface area (Å²) in [6.45, 7) is 0. The first-order valence-electron chi connectivity index (χ1n) is 3.86. The van der Waals surface area contributed by atoms with Crippen LogP contribution < -0.4 is 5.73 Å². The molecular formula is C8H7F2IN2O2. The van der Waals surface area contributed by atoms with E-state index in [1.54, 1.807) is 22.6 Å². The van der Waals surface area contributed by atoms with Crippen molar-refractivity contribution in [2.24, 2.45) is 0 Å². The molecule has 0 aromatic carbocycles. The van der Waals surface area contributed by atoms with Crippen molar-refractivity contribution in [3.63, 3.8) is 0 Å². The minimum atomic E-state index is -2.82. The van der Waals surface area contributed by atoms with E-state index < -0.39 is 24.4 Å². The lowest BCUT2D eigenvalue weighted by molar-refractivity contribution is -0.136. The second-order valence-corrected chi connectivity index (χ2v) is 3.87. The molecule has 0 saturated heterocycles. The van der Waals surface area contributed by atoms with Crippen molar-refractivity contribution in [2.45, 2.75) is 12.8 Å². The lowest BCUT2D eigenvalue weighted by atomic mass is 10.1. The summed E-state index contributed by atoms with van der Waals surface area (Å²) in [6, 6.07) is 1.29. The number of alkyl halides is 2. The number of aliphatic carboxylic acids is 1. The topological polar surface area (TPSA) is 76.2 Å². The van der Waals surface area contributed by atoms with Crippen molar-refractivity contribution in [3.05, 3.63) is 21.0 Å². The van der Waals surface area contributed by atoms with E-state index in [9.17, 15) is 13.6 Å². The van der Waals surface area contributed by atoms with Crippen molar-refractivity contribution in [2.75, 3.05) is 5.73 Å². The maximum atomic E-state index is 12.6. The Morgan fingerprint density at radius 3 is 2.73 bits per heavy atom. The summed E-state index contributed by atoms with van der Waals surface area (Å²) in [5.41, 5.74) is 4.59. The van der Waals surface area contributed by atoms with E-state index in [-0.39, 0.29) is 11.4 Å². The predicted molar refractivity (Wildman–Crippen MR) is 57.7 cm³/mol. The molecule has 7 heteroatoms. The van der Waals surface area contributed by atoms with Crippen molar-refractivity contribution in [3.8, 4) is 0 Å². The minimum absolute atomic E-state index is 0.124. The molecule has 0 saturated carbocycles. The molecule has 0 spiro atoms. The third-order valence-corrected chi connectivity index (χ3v) is 2.23. The van der Waals surface area contributed by atoms with E-state index in [1.807, 2.05) is 0 Å². The molecule has 0 fully saturated rings. The number of carboxylic acids is 1. The zero-order valence-corrected chi connectivity index (χ0v) is 9.53. The summed E-state index contributed by atoms with van der Waals surface area (Å²) in [5, 5.41) is 8.53. The molecule has 0 atom stereocenters. The molecule has 15 heavy (non-hydrogen) atoms. The second kappa shape index (κ2) is 4.69. The van der Waals surface area contributed by atoms with Gasteiger partial charge >= 0.3 is 5.97 Å². The first kappa shape index (κ1) is 12.1. The lowest BCUT2D eigenvalue weighted by Crippen LogP contribution is -2.10. The average molecular weight is 328 g/mol. The Kier molecular flexibility index (Phi) is 3.77. The second-order valence-electron chi connectivity index (χ2n) is 2.77. The summed E-state index contributed by atoms with van der Waals surface area (Å²) < 4.78 is 25.5. The fourth-order valence-electron chi connectivity index (χ4n) is 1.12. The van der Waals surface area contributed by atoms with E-state index in [1.165, 1.54) is 6.07 Å². The molecule has 82 valence electrons. The fraction of sp³-hybridized carbons (Fsp3) is 0.250. The standard InChI is InChI=1S/C8H7F2IN2O2/c9-8(10)7-3(12)1-5(11)13-4(7)2-6(14)15/h1,8H,2H2,(H2,12,13)(H,14,15). The number of carboxylic acid groups (broad SMARTS) is 1. The molecule has 0 bridgehead atoms. The SMILES string of the molecule is Nc1cc(I)nc(CC(=O)O)c1C(F)F. The average Bonchev–Trinajstić information content (AvgIpc) is 1.99. The van der Waals surface area contributed by atoms with Gasteiger partial charge in [0.2, 0.25) is 0 Å². The van der Waals surface area contributed by atoms with Crippen LogP contribution >= 0.6 is 22.6 Å². The number of carbonyl (C=O) groups is 1. The van der Waals surface area contributed by atoms with Gasteiger partial charge in [-0.1, -0.05) is 0 Å². The molecular weight excluding hydrogens is 321 g/mol. The Morgan fingerprint density at radius 2 is 2.27 bits per heavy atom. The molecule has 0 radical (unpaired) electrons. The number of aromatic nitrogens is 1. The van der Waals surface area contributed by atoms with Crippen LogP contribution in [0.15, 0.2) is 6.07 Å². The number of nitrogens with two attached hydrogens (primary N) is 1. The molecule has 3 N–H and O–H groups in total. The van der Waals surface area contributed by atoms with Crippen LogP contribution in [0.5, 0.6) is 0 Å². The van der Waals surface area contributed by atoms with Crippen molar-refractivity contribution < 1.29 is 18.7 Å². The highest BCUT2D eigenvalue weighted by Gasteiger charge is 2.20. The third kappa shape index (κ3) is 2.98. The van der Waals surface area contributed by atoms with Gasteiger partial charge < -0.3 is 10.8 Å². The number of nitrogens with zero attached hydrogens (tertiary/aromatic N) is 1. The van der Waals surface area contributed by atoms with E-state index >= 15 is 0 Å². The smallest absolute Gasteiger partial charge is 0.309 e. The minimum Gasteiger partial charge on any atom is -0.481 e. The maximum absolute atomic E-state index is 12.6. The summed E-state index contributed by atoms with van der Waals surface area (Å²) >= 11 is 1.79. The van der Waals surface area contributed by atoms with Gasteiger partial charge in [0.1, 0.15) is 3.70 Å². The highest BCUT2D eigenvalue weighted by Crippen LogP contribution is 2.29. The monoisotopic (exact) mass is 328 g/mol. The van der Waals surface area contributed by atoms with Crippen LogP contribution in [0.1, 0.15) is 17.7 Å². The number of hydrogen-bond donors (Lipinski definition) is 2. The predicted octanol–water partition coefficient (Wildman–Crippen LogP) is 1.83. The number of rotatable bonds is 3. The van der Waals surface area contributed by atoms with E-state index in [2.05, 4.69) is 4.98 Å². The lowest BCUT2D eigenvalue weighted by Gasteiger charge is -2.09. The highest BCUT2D eigenvalue weighted by molar-refractivity contribution is 14.1. The van der Waals surface area contributed by atoms with Gasteiger partial charge in [-0.15, -0.1) is 0 Å². The van der Waals surface area contributed by atoms with Gasteiger partial charge in [-0.05, 0) is 28.7 Å². The Labute approximate surface area is 97.6 Å². The van der Waals surface area contributed by atoms with E-state index in [0.29, 0.717) is 3.70 Å². The fourth-order valence-corrected chi connectivity index (χ4v) is 1.75. The molecule has 4 nitrogen and oxygen atoms in total. The Hall–Kier alpha value is -0.990. The van der Waals surface area contributed by atoms with Crippen LogP contribution in [-0.4, -0.2) is 16.1 Å². The van der Waals surface area contributed by atoms with E-state index in [4.69, 9.17) is 10.8 Å². The molecule has 1 aromatic heterocycles. The summed E-state index contributed by atoms with van der Waals surface area (Å²) in [5.74, 6) is -1.22. The summed E-state index contributed by atoms with van der Waals surface area (Å²) in [4.78, 5) is 14.2. The van der Waals surface area contributed by atoms with Crippen LogP contribution in [0, 0.1) is 3.70 Å². The zero-order valence-electron chi connectivity index (χ0n) is 7.38. The van der Waals surface area contributed by atoms with Crippen LogP contribution in [0.3, 0.4) is 0 Å². The normalized spacial score (nSPS) is 10.7. The Morgan fingerprint density at radius 1 is 1.67 bits per heavy atom. The first-order valence-corrected chi connectivity index (χ1v) is 4.94. The third-order valence-electron chi connectivity index (χ3n) is 1.68. The van der Waals surface area contributed by atoms with Gasteiger partial charge in [0.15, 0.2) is 0 Å². The van der Waals surface area contributed by atoms with Crippen LogP contribution in [0.4, 0.5) is 14.5 Å². The van der Waals surface area contributed by atoms with Gasteiger partial charge in [0, 0.05) is 5.69 Å². The number of halogens is 3.